The van der Waals surface area contributed by atoms with Gasteiger partial charge in [-0.05, 0) is 87.1 Å². The predicted octanol–water partition coefficient (Wildman–Crippen LogP) is 11.2. The van der Waals surface area contributed by atoms with Crippen molar-refractivity contribution < 1.29 is 0 Å². The molecule has 0 aromatic heterocycles. The fourth-order valence-electron chi connectivity index (χ4n) is 8.14. The van der Waals surface area contributed by atoms with Crippen LogP contribution in [0.2, 0.25) is 0 Å². The smallest absolute Gasteiger partial charge is 0.0653 e. The second kappa shape index (κ2) is 9.84. The second-order valence-corrected chi connectivity index (χ2v) is 13.0. The third kappa shape index (κ3) is 3.88. The fourth-order valence-corrected chi connectivity index (χ4v) is 8.14. The first kappa shape index (κ1) is 26.1. The van der Waals surface area contributed by atoms with Crippen LogP contribution in [0.15, 0.2) is 157 Å². The van der Waals surface area contributed by atoms with Crippen molar-refractivity contribution in [3.63, 3.8) is 0 Å². The first-order valence-electron chi connectivity index (χ1n) is 16.0. The third-order valence-corrected chi connectivity index (χ3v) is 10.1. The molecule has 0 saturated carbocycles. The Kier molecular flexibility index (Phi) is 5.70. The van der Waals surface area contributed by atoms with Gasteiger partial charge in [0, 0.05) is 45.8 Å². The van der Waals surface area contributed by atoms with Gasteiger partial charge in [-0.3, -0.25) is 0 Å². The first-order chi connectivity index (χ1) is 22.1. The monoisotopic (exact) mass is 578 g/mol. The number of rotatable bonds is 4. The molecule has 216 valence electrons. The van der Waals surface area contributed by atoms with Crippen molar-refractivity contribution in [1.82, 2.24) is 0 Å². The maximum absolute atomic E-state index is 2.59. The van der Waals surface area contributed by atoms with E-state index < -0.39 is 0 Å². The summed E-state index contributed by atoms with van der Waals surface area (Å²) in [5.74, 6) is 0. The standard InChI is InChI=1S/C43H34N2/c1-43(2)39-19-11-9-17-34(39)37-25-22-29-21-23-32(27-38(29)42(37)43)45-40-20-12-10-18-35(40)36-26-24-33(28-41(36)45)44(30-13-5-3-6-14-30)31-15-7-4-8-16-31/h3-27,41H,28H2,1-2H3. The molecule has 0 spiro atoms. The van der Waals surface area contributed by atoms with Crippen molar-refractivity contribution in [3.8, 4) is 11.1 Å². The van der Waals surface area contributed by atoms with Crippen molar-refractivity contribution in [2.75, 3.05) is 9.80 Å². The molecule has 1 heterocycles. The van der Waals surface area contributed by atoms with Crippen LogP contribution in [0.3, 0.4) is 0 Å². The van der Waals surface area contributed by atoms with Crippen LogP contribution in [0.1, 0.15) is 37.0 Å². The van der Waals surface area contributed by atoms with Crippen molar-refractivity contribution in [2.24, 2.45) is 0 Å². The molecule has 3 aliphatic rings. The van der Waals surface area contributed by atoms with Crippen LogP contribution >= 0.6 is 0 Å². The number of allylic oxidation sites excluding steroid dienone is 2. The Labute approximate surface area is 265 Å². The molecule has 0 bridgehead atoms. The van der Waals surface area contributed by atoms with E-state index in [0.717, 1.165) is 6.42 Å². The van der Waals surface area contributed by atoms with Crippen LogP contribution in [0.4, 0.5) is 22.7 Å². The van der Waals surface area contributed by atoms with Crippen molar-refractivity contribution in [2.45, 2.75) is 31.7 Å². The molecular weight excluding hydrogens is 544 g/mol. The third-order valence-electron chi connectivity index (χ3n) is 10.1. The van der Waals surface area contributed by atoms with Gasteiger partial charge in [0.1, 0.15) is 0 Å². The summed E-state index contributed by atoms with van der Waals surface area (Å²) in [7, 11) is 0. The highest BCUT2D eigenvalue weighted by molar-refractivity contribution is 6.01. The fraction of sp³-hybridized carbons (Fsp3) is 0.116. The molecule has 2 nitrogen and oxygen atoms in total. The molecule has 0 radical (unpaired) electrons. The van der Waals surface area contributed by atoms with Gasteiger partial charge in [0.15, 0.2) is 0 Å². The summed E-state index contributed by atoms with van der Waals surface area (Å²) >= 11 is 0. The Morgan fingerprint density at radius 2 is 1.27 bits per heavy atom. The van der Waals surface area contributed by atoms with Crippen molar-refractivity contribution in [3.05, 3.63) is 174 Å². The zero-order chi connectivity index (χ0) is 30.1. The van der Waals surface area contributed by atoms with Gasteiger partial charge in [-0.15, -0.1) is 0 Å². The average Bonchev–Trinajstić information content (AvgIpc) is 3.54. The number of fused-ring (bicyclic) bond motifs is 8. The summed E-state index contributed by atoms with van der Waals surface area (Å²) in [6.45, 7) is 4.77. The summed E-state index contributed by atoms with van der Waals surface area (Å²) < 4.78 is 0. The topological polar surface area (TPSA) is 6.48 Å². The SMILES string of the molecule is CC1(C)c2ccccc2-c2ccc3ccc(N4c5ccccc5C5=CC=C(N(c6ccccc6)c6ccccc6)CC54)cc3c21. The van der Waals surface area contributed by atoms with Crippen LogP contribution < -0.4 is 9.80 Å². The molecule has 9 rings (SSSR count). The minimum absolute atomic E-state index is 0.0648. The van der Waals surface area contributed by atoms with E-state index in [1.54, 1.807) is 0 Å². The largest absolute Gasteiger partial charge is 0.333 e. The number of hydrogen-bond donors (Lipinski definition) is 0. The van der Waals surface area contributed by atoms with Gasteiger partial charge in [-0.1, -0.05) is 117 Å². The molecule has 2 heteroatoms. The van der Waals surface area contributed by atoms with E-state index in [9.17, 15) is 0 Å². The first-order valence-corrected chi connectivity index (χ1v) is 16.0. The van der Waals surface area contributed by atoms with Crippen LogP contribution in [0, 0.1) is 0 Å². The molecule has 6 aromatic carbocycles. The van der Waals surface area contributed by atoms with E-state index in [2.05, 4.69) is 175 Å². The highest BCUT2D eigenvalue weighted by Crippen LogP contribution is 2.53. The molecule has 1 unspecified atom stereocenters. The number of anilines is 4. The molecule has 0 saturated heterocycles. The summed E-state index contributed by atoms with van der Waals surface area (Å²) in [6.07, 6.45) is 5.59. The Balaban J connectivity index is 1.19. The summed E-state index contributed by atoms with van der Waals surface area (Å²) in [6, 6.07) is 51.3. The highest BCUT2D eigenvalue weighted by Gasteiger charge is 2.39. The highest BCUT2D eigenvalue weighted by atomic mass is 15.2. The van der Waals surface area contributed by atoms with E-state index in [1.165, 1.54) is 72.6 Å². The number of nitrogens with zero attached hydrogens (tertiary/aromatic N) is 2. The molecule has 6 aromatic rings. The summed E-state index contributed by atoms with van der Waals surface area (Å²) in [5, 5.41) is 2.65. The zero-order valence-electron chi connectivity index (χ0n) is 25.6. The molecular formula is C43H34N2. The lowest BCUT2D eigenvalue weighted by Crippen LogP contribution is -2.32. The lowest BCUT2D eigenvalue weighted by atomic mass is 9.80. The van der Waals surface area contributed by atoms with E-state index >= 15 is 0 Å². The Morgan fingerprint density at radius 1 is 0.622 bits per heavy atom. The van der Waals surface area contributed by atoms with Crippen LogP contribution in [0.25, 0.3) is 27.5 Å². The van der Waals surface area contributed by atoms with Gasteiger partial charge in [0.25, 0.3) is 0 Å². The maximum Gasteiger partial charge on any atom is 0.0653 e. The lowest BCUT2D eigenvalue weighted by Gasteiger charge is -2.35. The van der Waals surface area contributed by atoms with Crippen molar-refractivity contribution >= 4 is 39.1 Å². The number of para-hydroxylation sites is 3. The maximum atomic E-state index is 2.59. The van der Waals surface area contributed by atoms with Gasteiger partial charge in [0.2, 0.25) is 0 Å². The number of hydrogen-bond acceptors (Lipinski definition) is 2. The number of benzene rings is 6. The zero-order valence-corrected chi connectivity index (χ0v) is 25.6. The average molecular weight is 579 g/mol. The minimum Gasteiger partial charge on any atom is -0.333 e. The Bertz CT molecular complexity index is 2130. The van der Waals surface area contributed by atoms with Crippen molar-refractivity contribution in [1.29, 1.82) is 0 Å². The molecule has 2 aliphatic carbocycles. The second-order valence-electron chi connectivity index (χ2n) is 13.0. The van der Waals surface area contributed by atoms with E-state index in [4.69, 9.17) is 0 Å². The van der Waals surface area contributed by atoms with Crippen LogP contribution in [-0.2, 0) is 5.41 Å². The Morgan fingerprint density at radius 3 is 2.02 bits per heavy atom. The minimum atomic E-state index is -0.0648. The predicted molar refractivity (Wildman–Crippen MR) is 190 cm³/mol. The van der Waals surface area contributed by atoms with E-state index in [1.807, 2.05) is 0 Å². The van der Waals surface area contributed by atoms with Gasteiger partial charge in [-0.2, -0.15) is 0 Å². The van der Waals surface area contributed by atoms with Gasteiger partial charge >= 0.3 is 0 Å². The van der Waals surface area contributed by atoms with Crippen LogP contribution in [-0.4, -0.2) is 6.04 Å². The van der Waals surface area contributed by atoms with Gasteiger partial charge in [-0.25, -0.2) is 0 Å². The molecule has 0 fully saturated rings. The molecule has 1 atom stereocenters. The van der Waals surface area contributed by atoms with Crippen LogP contribution in [0.5, 0.6) is 0 Å². The molecule has 0 N–H and O–H groups in total. The summed E-state index contributed by atoms with van der Waals surface area (Å²) in [5.41, 5.74) is 14.4. The summed E-state index contributed by atoms with van der Waals surface area (Å²) in [4.78, 5) is 5.01. The molecule has 0 amide bonds. The normalized spacial score (nSPS) is 17.2. The van der Waals surface area contributed by atoms with E-state index in [0.29, 0.717) is 0 Å². The van der Waals surface area contributed by atoms with Gasteiger partial charge < -0.3 is 9.80 Å². The van der Waals surface area contributed by atoms with Gasteiger partial charge in [0.05, 0.1) is 6.04 Å². The lowest BCUT2D eigenvalue weighted by molar-refractivity contribution is 0.666. The quantitative estimate of drug-likeness (QED) is 0.205. The Hall–Kier alpha value is -5.34. The van der Waals surface area contributed by atoms with E-state index in [-0.39, 0.29) is 11.5 Å². The molecule has 1 aliphatic heterocycles. The molecule has 45 heavy (non-hydrogen) atoms.